The van der Waals surface area contributed by atoms with E-state index in [1.807, 2.05) is 68.3 Å². The molecule has 0 radical (unpaired) electrons. The predicted molar refractivity (Wildman–Crippen MR) is 186 cm³/mol. The molecule has 1 aliphatic carbocycles. The van der Waals surface area contributed by atoms with Crippen LogP contribution in [0.3, 0.4) is 0 Å². The van der Waals surface area contributed by atoms with Gasteiger partial charge in [-0.25, -0.2) is 14.6 Å². The zero-order valence-corrected chi connectivity index (χ0v) is 29.3. The van der Waals surface area contributed by atoms with Crippen LogP contribution >= 0.6 is 0 Å². The van der Waals surface area contributed by atoms with E-state index in [4.69, 9.17) is 4.74 Å². The highest BCUT2D eigenvalue weighted by Crippen LogP contribution is 2.34. The average Bonchev–Trinajstić information content (AvgIpc) is 3.88. The van der Waals surface area contributed by atoms with Crippen molar-refractivity contribution in [3.8, 4) is 22.4 Å². The van der Waals surface area contributed by atoms with Crippen molar-refractivity contribution in [1.82, 2.24) is 25.5 Å². The Bertz CT molecular complexity index is 1620. The molecule has 5 rings (SSSR count). The molecule has 1 aliphatic heterocycles. The molecular weight excluding hydrogens is 622 g/mol. The van der Waals surface area contributed by atoms with Crippen molar-refractivity contribution in [3.63, 3.8) is 0 Å². The van der Waals surface area contributed by atoms with E-state index in [-0.39, 0.29) is 35.7 Å². The molecule has 1 saturated heterocycles. The van der Waals surface area contributed by atoms with E-state index in [0.717, 1.165) is 54.0 Å². The third-order valence-electron chi connectivity index (χ3n) is 9.93. The van der Waals surface area contributed by atoms with Crippen LogP contribution in [-0.2, 0) is 19.1 Å². The highest BCUT2D eigenvalue weighted by atomic mass is 16.6. The number of aromatic amines is 1. The lowest BCUT2D eigenvalue weighted by molar-refractivity contribution is -0.153. The largest absolute Gasteiger partial charge is 0.459 e. The van der Waals surface area contributed by atoms with E-state index in [1.165, 1.54) is 7.11 Å². The van der Waals surface area contributed by atoms with Crippen LogP contribution < -0.4 is 10.6 Å². The van der Waals surface area contributed by atoms with E-state index in [0.29, 0.717) is 24.3 Å². The molecule has 5 atom stereocenters. The second kappa shape index (κ2) is 15.7. The third kappa shape index (κ3) is 8.32. The summed E-state index contributed by atoms with van der Waals surface area (Å²) in [4.78, 5) is 61.0. The minimum Gasteiger partial charge on any atom is -0.459 e. The normalized spacial score (nSPS) is 20.2. The number of ether oxygens (including phenoxy) is 2. The van der Waals surface area contributed by atoms with E-state index in [1.54, 1.807) is 12.1 Å². The molecule has 1 aromatic heterocycles. The molecule has 11 heteroatoms. The molecule has 2 aromatic carbocycles. The molecule has 0 spiro atoms. The second-order valence-corrected chi connectivity index (χ2v) is 13.9. The number of methoxy groups -OCH3 is 1. The van der Waals surface area contributed by atoms with Gasteiger partial charge in [0.05, 0.1) is 31.1 Å². The molecule has 0 bridgehead atoms. The maximum absolute atomic E-state index is 13.2. The van der Waals surface area contributed by atoms with Crippen molar-refractivity contribution < 1.29 is 28.7 Å². The second-order valence-electron chi connectivity index (χ2n) is 13.9. The van der Waals surface area contributed by atoms with E-state index >= 15 is 0 Å². The minimum atomic E-state index is -0.846. The Morgan fingerprint density at radius 1 is 0.857 bits per heavy atom. The summed E-state index contributed by atoms with van der Waals surface area (Å²) in [6.45, 7) is 10.6. The van der Waals surface area contributed by atoms with Crippen molar-refractivity contribution in [2.45, 2.75) is 91.0 Å². The summed E-state index contributed by atoms with van der Waals surface area (Å²) < 4.78 is 10.4. The van der Waals surface area contributed by atoms with E-state index in [9.17, 15) is 19.2 Å². The number of likely N-dealkylation sites (tertiary alicyclic amines) is 1. The molecule has 49 heavy (non-hydrogen) atoms. The molecule has 3 aromatic rings. The number of hydrogen-bond donors (Lipinski definition) is 3. The first-order valence-corrected chi connectivity index (χ1v) is 17.4. The van der Waals surface area contributed by atoms with E-state index in [2.05, 4.69) is 39.2 Å². The van der Waals surface area contributed by atoms with Crippen LogP contribution in [0.25, 0.3) is 22.4 Å². The maximum Gasteiger partial charge on any atom is 0.407 e. The highest BCUT2D eigenvalue weighted by molar-refractivity contribution is 5.95. The summed E-state index contributed by atoms with van der Waals surface area (Å²) in [6.07, 6.45) is 4.67. The van der Waals surface area contributed by atoms with Gasteiger partial charge in [0.15, 0.2) is 0 Å². The molecule has 3 N–H and O–H groups in total. The summed E-state index contributed by atoms with van der Waals surface area (Å²) in [5, 5.41) is 5.57. The summed E-state index contributed by atoms with van der Waals surface area (Å²) >= 11 is 0. The number of rotatable bonds is 11. The van der Waals surface area contributed by atoms with Gasteiger partial charge in [-0.05, 0) is 72.8 Å². The molecule has 2 aliphatic rings. The number of carbonyl (C=O) groups is 4. The van der Waals surface area contributed by atoms with Crippen molar-refractivity contribution in [2.75, 3.05) is 13.7 Å². The third-order valence-corrected chi connectivity index (χ3v) is 9.93. The van der Waals surface area contributed by atoms with Crippen LogP contribution in [0.2, 0.25) is 0 Å². The quantitative estimate of drug-likeness (QED) is 0.204. The number of imidazole rings is 1. The van der Waals surface area contributed by atoms with Crippen molar-refractivity contribution in [3.05, 3.63) is 66.1 Å². The first-order chi connectivity index (χ1) is 23.5. The van der Waals surface area contributed by atoms with Gasteiger partial charge >= 0.3 is 12.1 Å². The SMILES string of the molecule is COC(=O)N[C@H](C(=O)O[C@H]1CCC[C@@H]1NC(=O)c1ccc(-c2ccc(-c3cnc([C@@H]4CCCN4C(=O)[C@@H](C)C(C)C)[nH]3)cc2)cc1)C(C)C. The number of esters is 1. The van der Waals surface area contributed by atoms with Crippen LogP contribution in [-0.4, -0.2) is 70.6 Å². The first-order valence-electron chi connectivity index (χ1n) is 17.4. The number of H-pyrrole nitrogens is 1. The summed E-state index contributed by atoms with van der Waals surface area (Å²) in [5.41, 5.74) is 4.39. The summed E-state index contributed by atoms with van der Waals surface area (Å²) in [7, 11) is 1.24. The first kappa shape index (κ1) is 35.6. The number of aromatic nitrogens is 2. The number of alkyl carbamates (subject to hydrolysis) is 1. The lowest BCUT2D eigenvalue weighted by Gasteiger charge is -2.27. The Labute approximate surface area is 288 Å². The van der Waals surface area contributed by atoms with Gasteiger partial charge in [-0.15, -0.1) is 0 Å². The highest BCUT2D eigenvalue weighted by Gasteiger charge is 2.36. The van der Waals surface area contributed by atoms with Crippen LogP contribution in [0, 0.1) is 17.8 Å². The van der Waals surface area contributed by atoms with E-state index < -0.39 is 24.2 Å². The van der Waals surface area contributed by atoms with Crippen LogP contribution in [0.1, 0.15) is 88.9 Å². The van der Waals surface area contributed by atoms with Gasteiger partial charge in [0.1, 0.15) is 18.0 Å². The molecule has 262 valence electrons. The number of benzene rings is 2. The predicted octanol–water partition coefficient (Wildman–Crippen LogP) is 6.27. The number of carbonyl (C=O) groups excluding carboxylic acids is 4. The molecular formula is C38H49N5O6. The zero-order valence-electron chi connectivity index (χ0n) is 29.3. The van der Waals surface area contributed by atoms with Crippen molar-refractivity contribution >= 4 is 23.9 Å². The number of nitrogens with zero attached hydrogens (tertiary/aromatic N) is 2. The standard InChI is InChI=1S/C38H49N5O6/c1-22(2)24(5)36(45)43-20-8-10-31(43)34-39-21-30(40-34)27-16-12-25(13-17-27)26-14-18-28(19-15-26)35(44)41-29-9-7-11-32(29)49-37(46)33(23(3)4)42-38(47)48-6/h12-19,21-24,29,31-33H,7-11,20H2,1-6H3,(H,39,40)(H,41,44)(H,42,47)/t24-,29-,31-,32-,33-/m0/s1. The summed E-state index contributed by atoms with van der Waals surface area (Å²) in [5.74, 6) is 0.310. The number of nitrogens with one attached hydrogen (secondary N) is 3. The molecule has 2 fully saturated rings. The lowest BCUT2D eigenvalue weighted by atomic mass is 9.96. The average molecular weight is 672 g/mol. The van der Waals surface area contributed by atoms with Gasteiger partial charge in [-0.3, -0.25) is 9.59 Å². The minimum absolute atomic E-state index is 0.0237. The van der Waals surface area contributed by atoms with Gasteiger partial charge in [-0.2, -0.15) is 0 Å². The Kier molecular flexibility index (Phi) is 11.4. The summed E-state index contributed by atoms with van der Waals surface area (Å²) in [6, 6.07) is 14.4. The fraction of sp³-hybridized carbons (Fsp3) is 0.500. The topological polar surface area (TPSA) is 143 Å². The van der Waals surface area contributed by atoms with Crippen molar-refractivity contribution in [2.24, 2.45) is 17.8 Å². The van der Waals surface area contributed by atoms with Crippen LogP contribution in [0.15, 0.2) is 54.7 Å². The van der Waals surface area contributed by atoms with Crippen LogP contribution in [0.5, 0.6) is 0 Å². The molecule has 1 saturated carbocycles. The molecule has 3 amide bonds. The van der Waals surface area contributed by atoms with Gasteiger partial charge in [-0.1, -0.05) is 71.0 Å². The monoisotopic (exact) mass is 671 g/mol. The molecule has 0 unspecified atom stereocenters. The fourth-order valence-corrected chi connectivity index (χ4v) is 6.56. The molecule has 2 heterocycles. The van der Waals surface area contributed by atoms with Gasteiger partial charge in [0, 0.05) is 18.0 Å². The maximum atomic E-state index is 13.2. The van der Waals surface area contributed by atoms with Gasteiger partial charge in [0.2, 0.25) is 5.91 Å². The Balaban J connectivity index is 1.18. The van der Waals surface area contributed by atoms with Gasteiger partial charge in [0.25, 0.3) is 5.91 Å². The number of hydrogen-bond acceptors (Lipinski definition) is 7. The lowest BCUT2D eigenvalue weighted by Crippen LogP contribution is -2.48. The Morgan fingerprint density at radius 3 is 2.14 bits per heavy atom. The molecule has 11 nitrogen and oxygen atoms in total. The smallest absolute Gasteiger partial charge is 0.407 e. The fourth-order valence-electron chi connectivity index (χ4n) is 6.56. The van der Waals surface area contributed by atoms with Gasteiger partial charge < -0.3 is 30.0 Å². The Morgan fingerprint density at radius 2 is 1.51 bits per heavy atom. The zero-order chi connectivity index (χ0) is 35.2. The van der Waals surface area contributed by atoms with Crippen molar-refractivity contribution in [1.29, 1.82) is 0 Å². The van der Waals surface area contributed by atoms with Crippen LogP contribution in [0.4, 0.5) is 4.79 Å². The Hall–Kier alpha value is -4.67. The number of amides is 3.